The number of urea groups is 1. The van der Waals surface area contributed by atoms with Crippen molar-refractivity contribution >= 4 is 29.4 Å². The summed E-state index contributed by atoms with van der Waals surface area (Å²) in [6.45, 7) is 10.7. The molecule has 0 aromatic heterocycles. The van der Waals surface area contributed by atoms with Crippen LogP contribution in [-0.4, -0.2) is 94.8 Å². The van der Waals surface area contributed by atoms with Gasteiger partial charge in [0.1, 0.15) is 13.1 Å². The summed E-state index contributed by atoms with van der Waals surface area (Å²) in [5, 5.41) is 6.33. The SMILES string of the molecule is CCOCCN1N=C(C)C[N+]2=C1N=C1C2C(=O)N(CCC(C)C)C(=O)N1C. The lowest BCUT2D eigenvalue weighted by molar-refractivity contribution is -0.527. The van der Waals surface area contributed by atoms with E-state index >= 15 is 0 Å². The van der Waals surface area contributed by atoms with E-state index in [-0.39, 0.29) is 11.9 Å². The predicted octanol–water partition coefficient (Wildman–Crippen LogP) is 0.804. The van der Waals surface area contributed by atoms with E-state index in [2.05, 4.69) is 23.9 Å². The van der Waals surface area contributed by atoms with E-state index < -0.39 is 6.04 Å². The molecular weight excluding hydrogens is 348 g/mol. The van der Waals surface area contributed by atoms with Gasteiger partial charge in [0.2, 0.25) is 11.9 Å². The Bertz CT molecular complexity index is 727. The van der Waals surface area contributed by atoms with E-state index in [4.69, 9.17) is 4.74 Å². The molecule has 0 aromatic rings. The van der Waals surface area contributed by atoms with Crippen molar-refractivity contribution in [3.05, 3.63) is 0 Å². The van der Waals surface area contributed by atoms with Crippen LogP contribution in [0.15, 0.2) is 10.1 Å². The third-order valence-corrected chi connectivity index (χ3v) is 4.89. The van der Waals surface area contributed by atoms with Crippen LogP contribution in [0.5, 0.6) is 0 Å². The lowest BCUT2D eigenvalue weighted by atomic mass is 10.1. The van der Waals surface area contributed by atoms with Gasteiger partial charge in [0, 0.05) is 20.2 Å². The first-order valence-electron chi connectivity index (χ1n) is 9.55. The lowest BCUT2D eigenvalue weighted by Crippen LogP contribution is -2.63. The third-order valence-electron chi connectivity index (χ3n) is 4.89. The van der Waals surface area contributed by atoms with Crippen molar-refractivity contribution < 1.29 is 18.9 Å². The highest BCUT2D eigenvalue weighted by Crippen LogP contribution is 2.23. The zero-order chi connectivity index (χ0) is 19.7. The molecule has 9 heteroatoms. The Morgan fingerprint density at radius 3 is 2.70 bits per heavy atom. The van der Waals surface area contributed by atoms with Crippen molar-refractivity contribution in [2.45, 2.75) is 40.2 Å². The number of hydrogen-bond donors (Lipinski definition) is 0. The molecule has 0 bridgehead atoms. The molecule has 0 aliphatic carbocycles. The van der Waals surface area contributed by atoms with Crippen molar-refractivity contribution in [1.82, 2.24) is 14.8 Å². The number of ether oxygens (including phenoxy) is 1. The number of fused-ring (bicyclic) bond motifs is 2. The Hall–Kier alpha value is -2.29. The number of amides is 3. The first kappa shape index (κ1) is 19.5. The minimum Gasteiger partial charge on any atom is -0.378 e. The van der Waals surface area contributed by atoms with Crippen LogP contribution in [0.4, 0.5) is 4.79 Å². The second kappa shape index (κ2) is 7.75. The Balaban J connectivity index is 1.88. The number of amidine groups is 1. The Morgan fingerprint density at radius 2 is 2.04 bits per heavy atom. The maximum Gasteiger partial charge on any atom is 0.416 e. The van der Waals surface area contributed by atoms with Crippen LogP contribution >= 0.6 is 0 Å². The average Bonchev–Trinajstić information content (AvgIpc) is 2.99. The van der Waals surface area contributed by atoms with Gasteiger partial charge in [-0.05, 0) is 26.2 Å². The number of imide groups is 1. The van der Waals surface area contributed by atoms with Crippen LogP contribution in [0, 0.1) is 5.92 Å². The van der Waals surface area contributed by atoms with Crippen LogP contribution in [0.25, 0.3) is 0 Å². The quantitative estimate of drug-likeness (QED) is 0.486. The van der Waals surface area contributed by atoms with Crippen LogP contribution in [0.1, 0.15) is 34.1 Å². The van der Waals surface area contributed by atoms with Gasteiger partial charge in [-0.2, -0.15) is 0 Å². The molecule has 3 amide bonds. The summed E-state index contributed by atoms with van der Waals surface area (Å²) in [6, 6.07) is -0.885. The number of likely N-dealkylation sites (N-methyl/N-ethyl adjacent to an activating group) is 1. The molecule has 3 rings (SSSR count). The first-order valence-corrected chi connectivity index (χ1v) is 9.55. The summed E-state index contributed by atoms with van der Waals surface area (Å²) in [4.78, 5) is 33.3. The summed E-state index contributed by atoms with van der Waals surface area (Å²) in [6.07, 6.45) is 0.780. The number of hydrazone groups is 1. The number of nitrogens with zero attached hydrogens (tertiary/aromatic N) is 6. The fourth-order valence-electron chi connectivity index (χ4n) is 3.44. The molecule has 1 unspecified atom stereocenters. The highest BCUT2D eigenvalue weighted by atomic mass is 16.5. The fraction of sp³-hybridized carbons (Fsp3) is 0.722. The van der Waals surface area contributed by atoms with Crippen molar-refractivity contribution in [1.29, 1.82) is 0 Å². The summed E-state index contributed by atoms with van der Waals surface area (Å²) in [5.41, 5.74) is 0.896. The second-order valence-corrected chi connectivity index (χ2v) is 7.47. The standard InChI is InChI=1S/C18H29N6O3/c1-6-27-10-9-24-17-19-15-14(23(17)11-13(4)20-24)16(25)22(8-7-12(2)3)18(26)21(15)5/h12,14H,6-11H2,1-5H3/q+1. The molecule has 1 saturated heterocycles. The van der Waals surface area contributed by atoms with Gasteiger partial charge in [0.15, 0.2) is 0 Å². The average molecular weight is 377 g/mol. The highest BCUT2D eigenvalue weighted by molar-refractivity contribution is 6.23. The molecule has 0 saturated carbocycles. The Morgan fingerprint density at radius 1 is 1.30 bits per heavy atom. The molecule has 1 atom stereocenters. The van der Waals surface area contributed by atoms with E-state index in [0.29, 0.717) is 50.6 Å². The number of aliphatic imine (C=N–C) groups is 1. The number of rotatable bonds is 7. The largest absolute Gasteiger partial charge is 0.416 e. The molecule has 27 heavy (non-hydrogen) atoms. The molecule has 3 aliphatic heterocycles. The molecule has 3 heterocycles. The second-order valence-electron chi connectivity index (χ2n) is 7.47. The third kappa shape index (κ3) is 3.60. The smallest absolute Gasteiger partial charge is 0.378 e. The van der Waals surface area contributed by atoms with Crippen molar-refractivity contribution in [2.75, 3.05) is 39.9 Å². The molecule has 148 valence electrons. The number of hydrogen-bond acceptors (Lipinski definition) is 6. The van der Waals surface area contributed by atoms with E-state index in [1.807, 2.05) is 18.4 Å². The van der Waals surface area contributed by atoms with Crippen LogP contribution in [0.2, 0.25) is 0 Å². The van der Waals surface area contributed by atoms with Crippen molar-refractivity contribution in [3.8, 4) is 0 Å². The molecular formula is C18H29N6O3+. The predicted molar refractivity (Wildman–Crippen MR) is 102 cm³/mol. The molecule has 0 spiro atoms. The van der Waals surface area contributed by atoms with Crippen LogP contribution in [0.3, 0.4) is 0 Å². The van der Waals surface area contributed by atoms with Gasteiger partial charge < -0.3 is 4.74 Å². The molecule has 0 aromatic carbocycles. The topological polar surface area (TPSA) is 80.8 Å². The summed E-state index contributed by atoms with van der Waals surface area (Å²) in [7, 11) is 1.68. The van der Waals surface area contributed by atoms with Gasteiger partial charge in [0.05, 0.1) is 12.3 Å². The number of carbonyl (C=O) groups excluding carboxylic acids is 2. The Kier molecular flexibility index (Phi) is 5.59. The van der Waals surface area contributed by atoms with Gasteiger partial charge in [-0.3, -0.25) is 14.6 Å². The minimum absolute atomic E-state index is 0.202. The fourth-order valence-corrected chi connectivity index (χ4v) is 3.44. The zero-order valence-electron chi connectivity index (χ0n) is 16.8. The van der Waals surface area contributed by atoms with Gasteiger partial charge in [-0.15, -0.1) is 10.1 Å². The zero-order valence-corrected chi connectivity index (χ0v) is 16.8. The van der Waals surface area contributed by atoms with Gasteiger partial charge in [0.25, 0.3) is 5.91 Å². The molecule has 0 radical (unpaired) electrons. The first-order chi connectivity index (χ1) is 12.8. The normalized spacial score (nSPS) is 22.4. The summed E-state index contributed by atoms with van der Waals surface area (Å²) < 4.78 is 7.38. The van der Waals surface area contributed by atoms with Crippen LogP contribution in [-0.2, 0) is 9.53 Å². The molecule has 9 nitrogen and oxygen atoms in total. The van der Waals surface area contributed by atoms with Gasteiger partial charge in [-0.25, -0.2) is 9.37 Å². The summed E-state index contributed by atoms with van der Waals surface area (Å²) in [5.74, 6) is 1.30. The highest BCUT2D eigenvalue weighted by Gasteiger charge is 2.54. The minimum atomic E-state index is -0.574. The van der Waals surface area contributed by atoms with Gasteiger partial charge >= 0.3 is 12.0 Å². The molecule has 0 N–H and O–H groups in total. The lowest BCUT2D eigenvalue weighted by Gasteiger charge is -2.34. The number of guanidine groups is 1. The maximum atomic E-state index is 13.2. The molecule has 3 aliphatic rings. The van der Waals surface area contributed by atoms with E-state index in [0.717, 1.165) is 12.1 Å². The number of carbonyl (C=O) groups is 2. The maximum absolute atomic E-state index is 13.2. The van der Waals surface area contributed by atoms with Crippen molar-refractivity contribution in [3.63, 3.8) is 0 Å². The van der Waals surface area contributed by atoms with Crippen molar-refractivity contribution in [2.24, 2.45) is 16.0 Å². The molecule has 1 fully saturated rings. The monoisotopic (exact) mass is 377 g/mol. The van der Waals surface area contributed by atoms with Crippen LogP contribution < -0.4 is 0 Å². The Labute approximate surface area is 160 Å². The summed E-state index contributed by atoms with van der Waals surface area (Å²) >= 11 is 0. The van der Waals surface area contributed by atoms with E-state index in [1.165, 1.54) is 9.80 Å². The van der Waals surface area contributed by atoms with E-state index in [1.54, 1.807) is 12.1 Å². The van der Waals surface area contributed by atoms with E-state index in [9.17, 15) is 9.59 Å². The van der Waals surface area contributed by atoms with Gasteiger partial charge in [-0.1, -0.05) is 18.8 Å².